The lowest BCUT2D eigenvalue weighted by molar-refractivity contribution is 0.0705. The number of nitrogens with one attached hydrogen (secondary N) is 1. The molecule has 2 N–H and O–H groups in total. The van der Waals surface area contributed by atoms with Crippen LogP contribution in [0.3, 0.4) is 0 Å². The first kappa shape index (κ1) is 12.7. The van der Waals surface area contributed by atoms with Crippen LogP contribution in [0.15, 0.2) is 17.5 Å². The molecule has 0 radical (unpaired) electrons. The molecule has 1 unspecified atom stereocenters. The van der Waals surface area contributed by atoms with Crippen LogP contribution in [0.4, 0.5) is 0 Å². The van der Waals surface area contributed by atoms with Crippen molar-refractivity contribution in [2.24, 2.45) is 0 Å². The van der Waals surface area contributed by atoms with Crippen molar-refractivity contribution < 1.29 is 5.11 Å². The fourth-order valence-electron chi connectivity index (χ4n) is 1.43. The van der Waals surface area contributed by atoms with Gasteiger partial charge in [-0.15, -0.1) is 11.3 Å². The Morgan fingerprint density at radius 1 is 1.53 bits per heavy atom. The highest BCUT2D eigenvalue weighted by atomic mass is 32.1. The van der Waals surface area contributed by atoms with Gasteiger partial charge in [-0.3, -0.25) is 0 Å². The Morgan fingerprint density at radius 3 is 2.80 bits per heavy atom. The molecule has 0 saturated heterocycles. The Hall–Kier alpha value is -0.380. The first-order valence-corrected chi connectivity index (χ1v) is 6.33. The first-order valence-electron chi connectivity index (χ1n) is 5.45. The molecule has 0 saturated carbocycles. The van der Waals surface area contributed by atoms with Crippen LogP contribution in [0.25, 0.3) is 0 Å². The molecule has 2 nitrogen and oxygen atoms in total. The third-order valence-electron chi connectivity index (χ3n) is 2.32. The number of hydrogen-bond donors (Lipinski definition) is 2. The molecular formula is C12H21NOS. The summed E-state index contributed by atoms with van der Waals surface area (Å²) in [5.41, 5.74) is -0.560. The van der Waals surface area contributed by atoms with Gasteiger partial charge in [0.1, 0.15) is 0 Å². The predicted molar refractivity (Wildman–Crippen MR) is 66.4 cm³/mol. The monoisotopic (exact) mass is 227 g/mol. The molecule has 0 aliphatic rings. The van der Waals surface area contributed by atoms with Gasteiger partial charge in [0.25, 0.3) is 0 Å². The highest BCUT2D eigenvalue weighted by molar-refractivity contribution is 7.09. The van der Waals surface area contributed by atoms with Crippen LogP contribution in [-0.4, -0.2) is 23.3 Å². The minimum atomic E-state index is -0.560. The summed E-state index contributed by atoms with van der Waals surface area (Å²) in [5.74, 6) is 0. The van der Waals surface area contributed by atoms with E-state index in [0.717, 1.165) is 19.4 Å². The van der Waals surface area contributed by atoms with E-state index < -0.39 is 5.60 Å². The zero-order chi connectivity index (χ0) is 11.3. The summed E-state index contributed by atoms with van der Waals surface area (Å²) in [6.45, 7) is 6.75. The lowest BCUT2D eigenvalue weighted by Crippen LogP contribution is -2.33. The second-order valence-corrected chi connectivity index (χ2v) is 5.73. The summed E-state index contributed by atoms with van der Waals surface area (Å²) >= 11 is 1.80. The van der Waals surface area contributed by atoms with Crippen LogP contribution < -0.4 is 5.32 Å². The minimum Gasteiger partial charge on any atom is -0.390 e. The van der Waals surface area contributed by atoms with Gasteiger partial charge in [0.05, 0.1) is 5.60 Å². The van der Waals surface area contributed by atoms with Crippen molar-refractivity contribution in [3.05, 3.63) is 22.4 Å². The quantitative estimate of drug-likeness (QED) is 0.782. The van der Waals surface area contributed by atoms with Crippen molar-refractivity contribution >= 4 is 11.3 Å². The van der Waals surface area contributed by atoms with E-state index in [4.69, 9.17) is 0 Å². The van der Waals surface area contributed by atoms with E-state index >= 15 is 0 Å². The summed E-state index contributed by atoms with van der Waals surface area (Å²) in [6, 6.07) is 4.73. The highest BCUT2D eigenvalue weighted by Gasteiger charge is 2.12. The van der Waals surface area contributed by atoms with E-state index in [9.17, 15) is 5.11 Å². The number of aliphatic hydroxyl groups is 1. The normalized spacial score (nSPS) is 14.1. The molecule has 1 atom stereocenters. The van der Waals surface area contributed by atoms with Gasteiger partial charge in [-0.1, -0.05) is 6.07 Å². The Balaban J connectivity index is 2.17. The van der Waals surface area contributed by atoms with E-state index in [2.05, 4.69) is 29.8 Å². The fraction of sp³-hybridized carbons (Fsp3) is 0.667. The fourth-order valence-corrected chi connectivity index (χ4v) is 2.26. The second kappa shape index (κ2) is 5.64. The molecule has 1 aromatic heterocycles. The summed E-state index contributed by atoms with van der Waals surface area (Å²) in [6.07, 6.45) is 1.87. The molecule has 1 rings (SSSR count). The second-order valence-electron chi connectivity index (χ2n) is 4.70. The van der Waals surface area contributed by atoms with E-state index in [0.29, 0.717) is 6.04 Å². The van der Waals surface area contributed by atoms with Crippen molar-refractivity contribution in [2.75, 3.05) is 6.54 Å². The minimum absolute atomic E-state index is 0.478. The SMILES string of the molecule is CC(Cc1cccs1)NCCC(C)(C)O. The van der Waals surface area contributed by atoms with Gasteiger partial charge in [-0.2, -0.15) is 0 Å². The molecule has 1 aromatic rings. The van der Waals surface area contributed by atoms with Crippen molar-refractivity contribution in [1.82, 2.24) is 5.32 Å². The zero-order valence-electron chi connectivity index (χ0n) is 9.79. The number of hydrogen-bond acceptors (Lipinski definition) is 3. The van der Waals surface area contributed by atoms with E-state index in [1.807, 2.05) is 13.8 Å². The Kier molecular flexibility index (Phi) is 4.77. The van der Waals surface area contributed by atoms with Crippen molar-refractivity contribution in [2.45, 2.75) is 45.3 Å². The average Bonchev–Trinajstić information content (AvgIpc) is 2.54. The van der Waals surface area contributed by atoms with E-state index in [-0.39, 0.29) is 0 Å². The van der Waals surface area contributed by atoms with Crippen molar-refractivity contribution in [3.8, 4) is 0 Å². The van der Waals surface area contributed by atoms with Crippen LogP contribution in [0.2, 0.25) is 0 Å². The molecule has 0 aliphatic heterocycles. The van der Waals surface area contributed by atoms with Gasteiger partial charge >= 0.3 is 0 Å². The molecule has 0 fully saturated rings. The topological polar surface area (TPSA) is 32.3 Å². The third-order valence-corrected chi connectivity index (χ3v) is 3.22. The molecule has 86 valence electrons. The Bertz CT molecular complexity index is 264. The zero-order valence-corrected chi connectivity index (χ0v) is 10.6. The molecular weight excluding hydrogens is 206 g/mol. The predicted octanol–water partition coefficient (Wildman–Crippen LogP) is 2.43. The first-order chi connectivity index (χ1) is 6.97. The molecule has 0 spiro atoms. The number of thiophene rings is 1. The Morgan fingerprint density at radius 2 is 2.27 bits per heavy atom. The maximum Gasteiger partial charge on any atom is 0.0603 e. The lowest BCUT2D eigenvalue weighted by Gasteiger charge is -2.19. The summed E-state index contributed by atoms with van der Waals surface area (Å²) in [5, 5.41) is 15.1. The molecule has 15 heavy (non-hydrogen) atoms. The van der Waals surface area contributed by atoms with Crippen molar-refractivity contribution in [1.29, 1.82) is 0 Å². The third kappa shape index (κ3) is 5.92. The molecule has 0 aliphatic carbocycles. The summed E-state index contributed by atoms with van der Waals surface area (Å²) in [7, 11) is 0. The molecule has 3 heteroatoms. The van der Waals surface area contributed by atoms with Crippen LogP contribution in [0, 0.1) is 0 Å². The van der Waals surface area contributed by atoms with Crippen LogP contribution in [0.1, 0.15) is 32.1 Å². The van der Waals surface area contributed by atoms with Gasteiger partial charge in [-0.05, 0) is 51.6 Å². The maximum absolute atomic E-state index is 9.55. The highest BCUT2D eigenvalue weighted by Crippen LogP contribution is 2.11. The van der Waals surface area contributed by atoms with Crippen LogP contribution in [0.5, 0.6) is 0 Å². The molecule has 0 bridgehead atoms. The van der Waals surface area contributed by atoms with Gasteiger partial charge in [0.2, 0.25) is 0 Å². The summed E-state index contributed by atoms with van der Waals surface area (Å²) < 4.78 is 0. The van der Waals surface area contributed by atoms with Gasteiger partial charge in [0.15, 0.2) is 0 Å². The van der Waals surface area contributed by atoms with Crippen molar-refractivity contribution in [3.63, 3.8) is 0 Å². The standard InChI is InChI=1S/C12H21NOS/c1-10(9-11-5-4-8-15-11)13-7-6-12(2,3)14/h4-5,8,10,13-14H,6-7,9H2,1-3H3. The Labute approximate surface area is 96.3 Å². The lowest BCUT2D eigenvalue weighted by atomic mass is 10.1. The molecule has 1 heterocycles. The smallest absolute Gasteiger partial charge is 0.0603 e. The number of rotatable bonds is 6. The van der Waals surface area contributed by atoms with E-state index in [1.165, 1.54) is 4.88 Å². The van der Waals surface area contributed by atoms with Crippen LogP contribution >= 0.6 is 11.3 Å². The van der Waals surface area contributed by atoms with E-state index in [1.54, 1.807) is 11.3 Å². The van der Waals surface area contributed by atoms with Gasteiger partial charge in [-0.25, -0.2) is 0 Å². The average molecular weight is 227 g/mol. The van der Waals surface area contributed by atoms with Crippen LogP contribution in [-0.2, 0) is 6.42 Å². The van der Waals surface area contributed by atoms with Gasteiger partial charge in [0, 0.05) is 10.9 Å². The molecule has 0 amide bonds. The largest absolute Gasteiger partial charge is 0.390 e. The summed E-state index contributed by atoms with van der Waals surface area (Å²) in [4.78, 5) is 1.42. The maximum atomic E-state index is 9.55. The molecule has 0 aromatic carbocycles. The van der Waals surface area contributed by atoms with Gasteiger partial charge < -0.3 is 10.4 Å².